The first-order valence-electron chi connectivity index (χ1n) is 11.3. The van der Waals surface area contributed by atoms with Crippen molar-refractivity contribution >= 4 is 23.7 Å². The van der Waals surface area contributed by atoms with Crippen molar-refractivity contribution in [2.45, 2.75) is 13.2 Å². The Hall–Kier alpha value is -4.29. The van der Waals surface area contributed by atoms with Gasteiger partial charge in [0, 0.05) is 16.1 Å². The first kappa shape index (κ1) is 24.8. The summed E-state index contributed by atoms with van der Waals surface area (Å²) in [6.45, 7) is 0.748. The number of methoxy groups -OCH3 is 1. The Morgan fingerprint density at radius 1 is 0.861 bits per heavy atom. The van der Waals surface area contributed by atoms with E-state index < -0.39 is 0 Å². The van der Waals surface area contributed by atoms with Gasteiger partial charge >= 0.3 is 0 Å². The Labute approximate surface area is 215 Å². The Morgan fingerprint density at radius 3 is 2.47 bits per heavy atom. The molecular formula is C29H25ClN2O4. The minimum Gasteiger partial charge on any atom is -0.493 e. The first-order valence-corrected chi connectivity index (χ1v) is 11.6. The van der Waals surface area contributed by atoms with E-state index >= 15 is 0 Å². The molecule has 0 aromatic heterocycles. The number of amides is 1. The molecule has 0 aliphatic rings. The van der Waals surface area contributed by atoms with E-state index in [0.717, 1.165) is 16.7 Å². The smallest absolute Gasteiger partial charge is 0.271 e. The zero-order chi connectivity index (χ0) is 25.2. The SMILES string of the molecule is COc1cc(C(=O)N/N=C/c2cccc(OCc3ccccc3Cl)c2)ccc1OCc1ccccc1. The fraction of sp³-hybridized carbons (Fsp3) is 0.103. The van der Waals surface area contributed by atoms with Crippen LogP contribution in [0.4, 0.5) is 0 Å². The number of rotatable bonds is 10. The molecular weight excluding hydrogens is 476 g/mol. The minimum absolute atomic E-state index is 0.351. The number of hydrazone groups is 1. The number of carbonyl (C=O) groups excluding carboxylic acids is 1. The summed E-state index contributed by atoms with van der Waals surface area (Å²) in [5.74, 6) is 1.31. The van der Waals surface area contributed by atoms with Gasteiger partial charge in [-0.2, -0.15) is 5.10 Å². The van der Waals surface area contributed by atoms with E-state index in [-0.39, 0.29) is 5.91 Å². The van der Waals surface area contributed by atoms with Crippen LogP contribution in [0, 0.1) is 0 Å². The summed E-state index contributed by atoms with van der Waals surface area (Å²) in [6, 6.07) is 29.7. The minimum atomic E-state index is -0.370. The van der Waals surface area contributed by atoms with Crippen molar-refractivity contribution in [3.63, 3.8) is 0 Å². The highest BCUT2D eigenvalue weighted by Crippen LogP contribution is 2.29. The van der Waals surface area contributed by atoms with Gasteiger partial charge in [-0.1, -0.05) is 72.3 Å². The summed E-state index contributed by atoms with van der Waals surface area (Å²) >= 11 is 6.18. The van der Waals surface area contributed by atoms with Gasteiger partial charge in [0.25, 0.3) is 5.91 Å². The quantitative estimate of drug-likeness (QED) is 0.206. The van der Waals surface area contributed by atoms with Crippen LogP contribution in [-0.2, 0) is 13.2 Å². The van der Waals surface area contributed by atoms with Crippen molar-refractivity contribution in [2.24, 2.45) is 5.10 Å². The molecule has 7 heteroatoms. The van der Waals surface area contributed by atoms with Gasteiger partial charge < -0.3 is 14.2 Å². The largest absolute Gasteiger partial charge is 0.493 e. The molecule has 4 aromatic rings. The van der Waals surface area contributed by atoms with Crippen LogP contribution in [0.3, 0.4) is 0 Å². The molecule has 4 aromatic carbocycles. The van der Waals surface area contributed by atoms with Gasteiger partial charge in [0.05, 0.1) is 13.3 Å². The van der Waals surface area contributed by atoms with Crippen molar-refractivity contribution < 1.29 is 19.0 Å². The Bertz CT molecular complexity index is 1340. The predicted molar refractivity (Wildman–Crippen MR) is 141 cm³/mol. The third-order valence-corrected chi connectivity index (χ3v) is 5.62. The topological polar surface area (TPSA) is 69.2 Å². The predicted octanol–water partition coefficient (Wildman–Crippen LogP) is 6.27. The fourth-order valence-corrected chi connectivity index (χ4v) is 3.54. The molecule has 182 valence electrons. The molecule has 0 unspecified atom stereocenters. The van der Waals surface area contributed by atoms with Crippen molar-refractivity contribution in [1.29, 1.82) is 0 Å². The molecule has 0 heterocycles. The lowest BCUT2D eigenvalue weighted by Gasteiger charge is -2.12. The fourth-order valence-electron chi connectivity index (χ4n) is 3.35. The number of nitrogens with zero attached hydrogens (tertiary/aromatic N) is 1. The van der Waals surface area contributed by atoms with Gasteiger partial charge in [-0.25, -0.2) is 5.43 Å². The highest BCUT2D eigenvalue weighted by atomic mass is 35.5. The molecule has 1 amide bonds. The van der Waals surface area contributed by atoms with Crippen LogP contribution in [0.15, 0.2) is 102 Å². The molecule has 36 heavy (non-hydrogen) atoms. The van der Waals surface area contributed by atoms with Crippen molar-refractivity contribution in [3.8, 4) is 17.2 Å². The van der Waals surface area contributed by atoms with Gasteiger partial charge in [-0.15, -0.1) is 0 Å². The lowest BCUT2D eigenvalue weighted by molar-refractivity contribution is 0.0954. The van der Waals surface area contributed by atoms with Gasteiger partial charge in [0.1, 0.15) is 19.0 Å². The second-order valence-corrected chi connectivity index (χ2v) is 8.20. The van der Waals surface area contributed by atoms with Gasteiger partial charge in [-0.3, -0.25) is 4.79 Å². The molecule has 0 fully saturated rings. The van der Waals surface area contributed by atoms with E-state index in [1.807, 2.05) is 78.9 Å². The lowest BCUT2D eigenvalue weighted by Crippen LogP contribution is -2.17. The molecule has 0 saturated heterocycles. The van der Waals surface area contributed by atoms with Crippen LogP contribution >= 0.6 is 11.6 Å². The molecule has 0 radical (unpaired) electrons. The van der Waals surface area contributed by atoms with Gasteiger partial charge in [0.15, 0.2) is 11.5 Å². The Morgan fingerprint density at radius 2 is 1.67 bits per heavy atom. The average Bonchev–Trinajstić information content (AvgIpc) is 2.92. The third-order valence-electron chi connectivity index (χ3n) is 5.25. The normalized spacial score (nSPS) is 10.7. The van der Waals surface area contributed by atoms with Crippen LogP contribution in [0.25, 0.3) is 0 Å². The summed E-state index contributed by atoms with van der Waals surface area (Å²) in [5, 5.41) is 4.73. The van der Waals surface area contributed by atoms with Gasteiger partial charge in [-0.05, 0) is 47.5 Å². The molecule has 0 aliphatic carbocycles. The Kier molecular flexibility index (Phi) is 8.57. The number of hydrogen-bond acceptors (Lipinski definition) is 5. The number of ether oxygens (including phenoxy) is 3. The zero-order valence-corrected chi connectivity index (χ0v) is 20.4. The number of halogens is 1. The average molecular weight is 501 g/mol. The number of benzene rings is 4. The number of carbonyl (C=O) groups is 1. The van der Waals surface area contributed by atoms with Crippen molar-refractivity contribution in [3.05, 3.63) is 124 Å². The molecule has 6 nitrogen and oxygen atoms in total. The lowest BCUT2D eigenvalue weighted by atomic mass is 10.2. The van der Waals surface area contributed by atoms with E-state index in [1.165, 1.54) is 7.11 Å². The Balaban J connectivity index is 1.34. The summed E-state index contributed by atoms with van der Waals surface area (Å²) in [4.78, 5) is 12.6. The van der Waals surface area contributed by atoms with Crippen molar-refractivity contribution in [1.82, 2.24) is 5.43 Å². The van der Waals surface area contributed by atoms with Crippen molar-refractivity contribution in [2.75, 3.05) is 7.11 Å². The summed E-state index contributed by atoms with van der Waals surface area (Å²) in [6.07, 6.45) is 1.55. The van der Waals surface area contributed by atoms with E-state index in [9.17, 15) is 4.79 Å². The highest BCUT2D eigenvalue weighted by molar-refractivity contribution is 6.31. The van der Waals surface area contributed by atoms with Crippen LogP contribution in [0.5, 0.6) is 17.2 Å². The monoisotopic (exact) mass is 500 g/mol. The molecule has 4 rings (SSSR count). The second-order valence-electron chi connectivity index (χ2n) is 7.79. The molecule has 0 saturated carbocycles. The second kappa shape index (κ2) is 12.4. The summed E-state index contributed by atoms with van der Waals surface area (Å²) in [5.41, 5.74) is 5.64. The summed E-state index contributed by atoms with van der Waals surface area (Å²) in [7, 11) is 1.53. The highest BCUT2D eigenvalue weighted by Gasteiger charge is 2.11. The van der Waals surface area contributed by atoms with E-state index in [4.69, 9.17) is 25.8 Å². The maximum Gasteiger partial charge on any atom is 0.271 e. The number of hydrogen-bond donors (Lipinski definition) is 1. The maximum absolute atomic E-state index is 12.6. The molecule has 0 bridgehead atoms. The van der Waals surface area contributed by atoms with Gasteiger partial charge in [0.2, 0.25) is 0 Å². The zero-order valence-electron chi connectivity index (χ0n) is 19.7. The van der Waals surface area contributed by atoms with E-state index in [0.29, 0.717) is 41.0 Å². The summed E-state index contributed by atoms with van der Waals surface area (Å²) < 4.78 is 17.1. The van der Waals surface area contributed by atoms with E-state index in [1.54, 1.807) is 24.4 Å². The van der Waals surface area contributed by atoms with E-state index in [2.05, 4.69) is 10.5 Å². The van der Waals surface area contributed by atoms with Crippen LogP contribution in [0.2, 0.25) is 5.02 Å². The maximum atomic E-state index is 12.6. The molecule has 1 N–H and O–H groups in total. The van der Waals surface area contributed by atoms with Crippen LogP contribution < -0.4 is 19.6 Å². The molecule has 0 atom stereocenters. The first-order chi connectivity index (χ1) is 17.6. The standard InChI is InChI=1S/C29H25ClN2O4/c1-34-28-17-23(14-15-27(28)36-19-21-8-3-2-4-9-21)29(33)32-31-18-22-10-7-12-25(16-22)35-20-24-11-5-6-13-26(24)30/h2-18H,19-20H2,1H3,(H,32,33)/b31-18+. The molecule has 0 aliphatic heterocycles. The number of nitrogens with one attached hydrogen (secondary N) is 1. The van der Waals surface area contributed by atoms with Crippen LogP contribution in [-0.4, -0.2) is 19.2 Å². The third kappa shape index (κ3) is 6.87. The molecule has 0 spiro atoms. The van der Waals surface area contributed by atoms with Crippen LogP contribution in [0.1, 0.15) is 27.0 Å².